The summed E-state index contributed by atoms with van der Waals surface area (Å²) < 4.78 is 0. The molecule has 1 heterocycles. The van der Waals surface area contributed by atoms with Gasteiger partial charge in [0.15, 0.2) is 0 Å². The number of β-amino-alcohol motifs (C(OH)–C–C–N with tert-alkyl or cyclic N) is 1. The Morgan fingerprint density at radius 2 is 2.40 bits per heavy atom. The Morgan fingerprint density at radius 3 is 2.87 bits per heavy atom. The van der Waals surface area contributed by atoms with Crippen molar-refractivity contribution in [3.8, 4) is 0 Å². The van der Waals surface area contributed by atoms with Crippen LogP contribution >= 0.6 is 0 Å². The van der Waals surface area contributed by atoms with Crippen LogP contribution < -0.4 is 0 Å². The first-order valence-electron chi connectivity index (χ1n) is 5.36. The number of carboxylic acids is 1. The van der Waals surface area contributed by atoms with Crippen molar-refractivity contribution in [1.82, 2.24) is 4.90 Å². The van der Waals surface area contributed by atoms with Gasteiger partial charge in [-0.25, -0.2) is 0 Å². The number of hydrogen-bond acceptors (Lipinski definition) is 3. The highest BCUT2D eigenvalue weighted by Crippen LogP contribution is 2.24. The number of rotatable bonds is 5. The summed E-state index contributed by atoms with van der Waals surface area (Å²) in [5, 5.41) is 18.5. The van der Waals surface area contributed by atoms with Gasteiger partial charge >= 0.3 is 5.97 Å². The molecule has 15 heavy (non-hydrogen) atoms. The molecule has 1 rings (SSSR count). The predicted molar refractivity (Wildman–Crippen MR) is 57.6 cm³/mol. The topological polar surface area (TPSA) is 60.8 Å². The van der Waals surface area contributed by atoms with E-state index in [1.54, 1.807) is 6.08 Å². The summed E-state index contributed by atoms with van der Waals surface area (Å²) in [6.45, 7) is 6.71. The molecule has 0 spiro atoms. The zero-order valence-corrected chi connectivity index (χ0v) is 9.09. The molecule has 4 nitrogen and oxygen atoms in total. The van der Waals surface area contributed by atoms with E-state index >= 15 is 0 Å². The Bertz CT molecular complexity index is 242. The fraction of sp³-hybridized carbons (Fsp3) is 0.727. The van der Waals surface area contributed by atoms with Crippen molar-refractivity contribution < 1.29 is 15.0 Å². The third kappa shape index (κ3) is 3.04. The van der Waals surface area contributed by atoms with Gasteiger partial charge in [0, 0.05) is 13.1 Å². The fourth-order valence-corrected chi connectivity index (χ4v) is 1.97. The minimum absolute atomic E-state index is 0.232. The molecule has 0 aromatic heterocycles. The number of aliphatic hydroxyl groups is 1. The number of nitrogens with zero attached hydrogens (tertiary/aromatic N) is 1. The van der Waals surface area contributed by atoms with Gasteiger partial charge in [0.25, 0.3) is 0 Å². The number of carbonyl (C=O) groups is 1. The third-order valence-corrected chi connectivity index (χ3v) is 2.97. The maximum Gasteiger partial charge on any atom is 0.320 e. The highest BCUT2D eigenvalue weighted by atomic mass is 16.4. The molecule has 0 aliphatic carbocycles. The Morgan fingerprint density at radius 1 is 1.73 bits per heavy atom. The molecule has 3 atom stereocenters. The van der Waals surface area contributed by atoms with Gasteiger partial charge in [-0.3, -0.25) is 9.69 Å². The van der Waals surface area contributed by atoms with Crippen LogP contribution in [0.4, 0.5) is 0 Å². The average Bonchev–Trinajstić information content (AvgIpc) is 2.61. The second-order valence-electron chi connectivity index (χ2n) is 4.10. The van der Waals surface area contributed by atoms with Crippen molar-refractivity contribution in [1.29, 1.82) is 0 Å². The van der Waals surface area contributed by atoms with Gasteiger partial charge < -0.3 is 10.2 Å². The molecule has 3 unspecified atom stereocenters. The lowest BCUT2D eigenvalue weighted by atomic mass is 10.1. The van der Waals surface area contributed by atoms with E-state index in [1.807, 2.05) is 11.8 Å². The van der Waals surface area contributed by atoms with Crippen molar-refractivity contribution in [2.45, 2.75) is 31.9 Å². The van der Waals surface area contributed by atoms with E-state index in [9.17, 15) is 9.90 Å². The van der Waals surface area contributed by atoms with E-state index in [2.05, 4.69) is 6.58 Å². The molecule has 1 fully saturated rings. The first-order chi connectivity index (χ1) is 7.08. The van der Waals surface area contributed by atoms with Crippen LogP contribution in [-0.4, -0.2) is 46.3 Å². The van der Waals surface area contributed by atoms with E-state index in [0.717, 1.165) is 0 Å². The fourth-order valence-electron chi connectivity index (χ4n) is 1.97. The summed E-state index contributed by atoms with van der Waals surface area (Å²) >= 11 is 0. The summed E-state index contributed by atoms with van der Waals surface area (Å²) in [6.07, 6.45) is 2.63. The molecule has 0 aromatic carbocycles. The van der Waals surface area contributed by atoms with Gasteiger partial charge in [0.05, 0.1) is 6.10 Å². The summed E-state index contributed by atoms with van der Waals surface area (Å²) in [5.74, 6) is -0.571. The first-order valence-corrected chi connectivity index (χ1v) is 5.36. The molecule has 0 saturated carbocycles. The van der Waals surface area contributed by atoms with Crippen LogP contribution in [0.3, 0.4) is 0 Å². The van der Waals surface area contributed by atoms with Gasteiger partial charge in [0.1, 0.15) is 6.04 Å². The van der Waals surface area contributed by atoms with Crippen molar-refractivity contribution in [2.24, 2.45) is 5.92 Å². The lowest BCUT2D eigenvalue weighted by molar-refractivity contribution is -0.142. The van der Waals surface area contributed by atoms with Crippen LogP contribution in [0, 0.1) is 5.92 Å². The second-order valence-corrected chi connectivity index (χ2v) is 4.10. The summed E-state index contributed by atoms with van der Waals surface area (Å²) in [6, 6.07) is -0.464. The number of carboxylic acid groups (broad SMARTS) is 1. The molecule has 1 saturated heterocycles. The third-order valence-electron chi connectivity index (χ3n) is 2.97. The molecular formula is C11H19NO3. The van der Waals surface area contributed by atoms with Crippen molar-refractivity contribution in [3.63, 3.8) is 0 Å². The Kier molecular flexibility index (Phi) is 4.29. The number of likely N-dealkylation sites (tertiary alicyclic amines) is 1. The van der Waals surface area contributed by atoms with Crippen molar-refractivity contribution >= 4 is 5.97 Å². The average molecular weight is 213 g/mol. The van der Waals surface area contributed by atoms with E-state index in [-0.39, 0.29) is 5.92 Å². The SMILES string of the molecule is C=CC1CC(C(=O)O)N(CC(O)CC)C1. The zero-order valence-electron chi connectivity index (χ0n) is 9.09. The van der Waals surface area contributed by atoms with Crippen LogP contribution in [0.25, 0.3) is 0 Å². The first kappa shape index (κ1) is 12.2. The van der Waals surface area contributed by atoms with Gasteiger partial charge in [0.2, 0.25) is 0 Å². The van der Waals surface area contributed by atoms with Crippen LogP contribution in [0.15, 0.2) is 12.7 Å². The number of hydrogen-bond donors (Lipinski definition) is 2. The van der Waals surface area contributed by atoms with Crippen LogP contribution in [0.5, 0.6) is 0 Å². The monoisotopic (exact) mass is 213 g/mol. The Hall–Kier alpha value is -0.870. The molecule has 0 amide bonds. The zero-order chi connectivity index (χ0) is 11.4. The molecule has 2 N–H and O–H groups in total. The van der Waals surface area contributed by atoms with Gasteiger partial charge in [-0.05, 0) is 18.8 Å². The largest absolute Gasteiger partial charge is 0.480 e. The molecule has 0 aromatic rings. The molecule has 1 aliphatic rings. The molecule has 86 valence electrons. The lowest BCUT2D eigenvalue weighted by Crippen LogP contribution is -2.40. The van der Waals surface area contributed by atoms with Gasteiger partial charge in [-0.15, -0.1) is 6.58 Å². The van der Waals surface area contributed by atoms with E-state index in [0.29, 0.717) is 25.9 Å². The lowest BCUT2D eigenvalue weighted by Gasteiger charge is -2.23. The Balaban J connectivity index is 2.60. The van der Waals surface area contributed by atoms with E-state index < -0.39 is 18.1 Å². The number of aliphatic hydroxyl groups excluding tert-OH is 1. The highest BCUT2D eigenvalue weighted by Gasteiger charge is 2.35. The smallest absolute Gasteiger partial charge is 0.320 e. The van der Waals surface area contributed by atoms with Crippen molar-refractivity contribution in [2.75, 3.05) is 13.1 Å². The summed E-state index contributed by atoms with van der Waals surface area (Å²) in [5.41, 5.74) is 0. The number of aliphatic carboxylic acids is 1. The van der Waals surface area contributed by atoms with Gasteiger partial charge in [-0.1, -0.05) is 13.0 Å². The summed E-state index contributed by atoms with van der Waals surface area (Å²) in [4.78, 5) is 12.8. The predicted octanol–water partition coefficient (Wildman–Crippen LogP) is 0.718. The molecule has 0 bridgehead atoms. The van der Waals surface area contributed by atoms with Crippen LogP contribution in [0.2, 0.25) is 0 Å². The molecule has 4 heteroatoms. The normalized spacial score (nSPS) is 28.9. The van der Waals surface area contributed by atoms with E-state index in [1.165, 1.54) is 0 Å². The maximum absolute atomic E-state index is 11.0. The van der Waals surface area contributed by atoms with Crippen molar-refractivity contribution in [3.05, 3.63) is 12.7 Å². The highest BCUT2D eigenvalue weighted by molar-refractivity contribution is 5.74. The summed E-state index contributed by atoms with van der Waals surface area (Å²) in [7, 11) is 0. The maximum atomic E-state index is 11.0. The molecule has 1 aliphatic heterocycles. The standard InChI is InChI=1S/C11H19NO3/c1-3-8-5-10(11(14)15)12(6-8)7-9(13)4-2/h3,8-10,13H,1,4-7H2,2H3,(H,14,15). The second kappa shape index (κ2) is 5.28. The molecular weight excluding hydrogens is 194 g/mol. The van der Waals surface area contributed by atoms with Crippen LogP contribution in [0.1, 0.15) is 19.8 Å². The quantitative estimate of drug-likeness (QED) is 0.661. The van der Waals surface area contributed by atoms with Gasteiger partial charge in [-0.2, -0.15) is 0 Å². The van der Waals surface area contributed by atoms with E-state index in [4.69, 9.17) is 5.11 Å². The molecule has 0 radical (unpaired) electrons. The minimum Gasteiger partial charge on any atom is -0.480 e. The van der Waals surface area contributed by atoms with Crippen LogP contribution in [-0.2, 0) is 4.79 Å². The Labute approximate surface area is 90.2 Å². The minimum atomic E-state index is -0.803.